The predicted octanol–water partition coefficient (Wildman–Crippen LogP) is 3.47. The molecule has 1 heterocycles. The van der Waals surface area contributed by atoms with Crippen molar-refractivity contribution in [1.82, 2.24) is 15.3 Å². The molecule has 0 aliphatic rings. The summed E-state index contributed by atoms with van der Waals surface area (Å²) in [6.45, 7) is 0.461. The number of benzene rings is 2. The van der Waals surface area contributed by atoms with E-state index in [1.807, 2.05) is 30.3 Å². The van der Waals surface area contributed by atoms with Gasteiger partial charge in [-0.2, -0.15) is 0 Å². The Labute approximate surface area is 149 Å². The van der Waals surface area contributed by atoms with Gasteiger partial charge in [0, 0.05) is 18.8 Å². The van der Waals surface area contributed by atoms with E-state index in [9.17, 15) is 13.6 Å². The van der Waals surface area contributed by atoms with Crippen LogP contribution in [0.25, 0.3) is 0 Å². The van der Waals surface area contributed by atoms with Crippen molar-refractivity contribution in [3.05, 3.63) is 83.7 Å². The van der Waals surface area contributed by atoms with Gasteiger partial charge in [-0.3, -0.25) is 4.79 Å². The van der Waals surface area contributed by atoms with Gasteiger partial charge in [0.25, 0.3) is 5.91 Å². The van der Waals surface area contributed by atoms with Crippen molar-refractivity contribution in [3.63, 3.8) is 0 Å². The van der Waals surface area contributed by atoms with Gasteiger partial charge < -0.3 is 10.6 Å². The fraction of sp³-hybridized carbons (Fsp3) is 0.105. The van der Waals surface area contributed by atoms with Gasteiger partial charge in [-0.25, -0.2) is 18.7 Å². The lowest BCUT2D eigenvalue weighted by Crippen LogP contribution is -2.26. The molecule has 0 atom stereocenters. The van der Waals surface area contributed by atoms with Crippen molar-refractivity contribution in [2.75, 3.05) is 11.9 Å². The van der Waals surface area contributed by atoms with Crippen molar-refractivity contribution in [2.24, 2.45) is 0 Å². The minimum Gasteiger partial charge on any atom is -0.350 e. The number of nitrogens with zero attached hydrogens (tertiary/aromatic N) is 2. The summed E-state index contributed by atoms with van der Waals surface area (Å²) in [5, 5.41) is 5.41. The summed E-state index contributed by atoms with van der Waals surface area (Å²) in [7, 11) is 0. The maximum Gasteiger partial charge on any atom is 0.270 e. The molecule has 0 unspecified atom stereocenters. The molecule has 5 nitrogen and oxygen atoms in total. The zero-order chi connectivity index (χ0) is 18.4. The Morgan fingerprint density at radius 2 is 1.85 bits per heavy atom. The van der Waals surface area contributed by atoms with E-state index < -0.39 is 11.6 Å². The summed E-state index contributed by atoms with van der Waals surface area (Å²) in [6.07, 6.45) is 2.09. The van der Waals surface area contributed by atoms with E-state index in [1.54, 1.807) is 0 Å². The summed E-state index contributed by atoms with van der Waals surface area (Å²) in [6, 6.07) is 14.3. The SMILES string of the molecule is O=C(NCCc1ccccc1)c1ccnc(Nc2ccc(F)cc2F)n1. The van der Waals surface area contributed by atoms with Crippen LogP contribution in [0, 0.1) is 11.6 Å². The van der Waals surface area contributed by atoms with Crippen molar-refractivity contribution < 1.29 is 13.6 Å². The van der Waals surface area contributed by atoms with Crippen molar-refractivity contribution >= 4 is 17.5 Å². The average Bonchev–Trinajstić information content (AvgIpc) is 2.65. The minimum absolute atomic E-state index is 0.0213. The first kappa shape index (κ1) is 17.5. The smallest absolute Gasteiger partial charge is 0.270 e. The molecule has 0 radical (unpaired) electrons. The highest BCUT2D eigenvalue weighted by Gasteiger charge is 2.10. The molecule has 0 saturated carbocycles. The Morgan fingerprint density at radius 1 is 1.04 bits per heavy atom. The van der Waals surface area contributed by atoms with E-state index in [0.29, 0.717) is 13.0 Å². The predicted molar refractivity (Wildman–Crippen MR) is 94.2 cm³/mol. The third kappa shape index (κ3) is 4.60. The molecule has 3 aromatic rings. The highest BCUT2D eigenvalue weighted by Crippen LogP contribution is 2.18. The summed E-state index contributed by atoms with van der Waals surface area (Å²) in [5.74, 6) is -1.76. The first-order valence-corrected chi connectivity index (χ1v) is 7.99. The quantitative estimate of drug-likeness (QED) is 0.711. The van der Waals surface area contributed by atoms with Gasteiger partial charge in [-0.05, 0) is 30.2 Å². The van der Waals surface area contributed by atoms with Crippen molar-refractivity contribution in [2.45, 2.75) is 6.42 Å². The number of rotatable bonds is 6. The van der Waals surface area contributed by atoms with Crippen molar-refractivity contribution in [3.8, 4) is 0 Å². The lowest BCUT2D eigenvalue weighted by atomic mass is 10.1. The molecule has 0 saturated heterocycles. The topological polar surface area (TPSA) is 66.9 Å². The van der Waals surface area contributed by atoms with Gasteiger partial charge in [-0.15, -0.1) is 0 Å². The van der Waals surface area contributed by atoms with Crippen LogP contribution in [-0.4, -0.2) is 22.4 Å². The van der Waals surface area contributed by atoms with Gasteiger partial charge in [0.1, 0.15) is 17.3 Å². The van der Waals surface area contributed by atoms with Gasteiger partial charge >= 0.3 is 0 Å². The second-order valence-corrected chi connectivity index (χ2v) is 5.51. The summed E-state index contributed by atoms with van der Waals surface area (Å²) in [4.78, 5) is 20.2. The first-order valence-electron chi connectivity index (χ1n) is 7.99. The van der Waals surface area contributed by atoms with E-state index in [0.717, 1.165) is 17.7 Å². The highest BCUT2D eigenvalue weighted by molar-refractivity contribution is 5.92. The van der Waals surface area contributed by atoms with Crippen LogP contribution in [-0.2, 0) is 6.42 Å². The zero-order valence-electron chi connectivity index (χ0n) is 13.7. The molecule has 1 amide bonds. The Hall–Kier alpha value is -3.35. The number of carbonyl (C=O) groups excluding carboxylic acids is 1. The number of anilines is 2. The Morgan fingerprint density at radius 3 is 2.62 bits per heavy atom. The van der Waals surface area contributed by atoms with E-state index in [4.69, 9.17) is 0 Å². The number of nitrogens with one attached hydrogen (secondary N) is 2. The molecule has 3 rings (SSSR count). The molecule has 26 heavy (non-hydrogen) atoms. The maximum atomic E-state index is 13.7. The third-order valence-corrected chi connectivity index (χ3v) is 3.61. The number of hydrogen-bond acceptors (Lipinski definition) is 4. The Kier molecular flexibility index (Phi) is 5.48. The molecule has 0 fully saturated rings. The molecule has 7 heteroatoms. The normalized spacial score (nSPS) is 10.4. The standard InChI is InChI=1S/C19H16F2N4O/c20-14-6-7-16(15(21)12-14)24-19-23-11-9-17(25-19)18(26)22-10-8-13-4-2-1-3-5-13/h1-7,9,11-12H,8,10H2,(H,22,26)(H,23,24,25). The molecule has 2 N–H and O–H groups in total. The molecule has 0 bridgehead atoms. The first-order chi connectivity index (χ1) is 12.6. The van der Waals surface area contributed by atoms with Crippen LogP contribution in [0.4, 0.5) is 20.4 Å². The molecule has 132 valence electrons. The van der Waals surface area contributed by atoms with Crippen LogP contribution in [0.3, 0.4) is 0 Å². The zero-order valence-corrected chi connectivity index (χ0v) is 13.7. The molecular weight excluding hydrogens is 338 g/mol. The van der Waals surface area contributed by atoms with E-state index in [-0.39, 0.29) is 23.2 Å². The summed E-state index contributed by atoms with van der Waals surface area (Å²) >= 11 is 0. The van der Waals surface area contributed by atoms with Gasteiger partial charge in [0.15, 0.2) is 0 Å². The highest BCUT2D eigenvalue weighted by atomic mass is 19.1. The van der Waals surface area contributed by atoms with Crippen LogP contribution in [0.2, 0.25) is 0 Å². The maximum absolute atomic E-state index is 13.7. The van der Waals surface area contributed by atoms with E-state index in [1.165, 1.54) is 18.3 Å². The summed E-state index contributed by atoms with van der Waals surface area (Å²) in [5.41, 5.74) is 1.29. The van der Waals surface area contributed by atoms with Gasteiger partial charge in [0.05, 0.1) is 5.69 Å². The van der Waals surface area contributed by atoms with Crippen molar-refractivity contribution in [1.29, 1.82) is 0 Å². The molecule has 0 spiro atoms. The molecule has 0 aliphatic heterocycles. The van der Waals surface area contributed by atoms with E-state index in [2.05, 4.69) is 20.6 Å². The second-order valence-electron chi connectivity index (χ2n) is 5.51. The Bertz CT molecular complexity index is 903. The van der Waals surface area contributed by atoms with Crippen LogP contribution < -0.4 is 10.6 Å². The monoisotopic (exact) mass is 354 g/mol. The molecular formula is C19H16F2N4O. The van der Waals surface area contributed by atoms with Crippen LogP contribution in [0.15, 0.2) is 60.8 Å². The largest absolute Gasteiger partial charge is 0.350 e. The number of aromatic nitrogens is 2. The molecule has 2 aromatic carbocycles. The number of carbonyl (C=O) groups is 1. The number of hydrogen-bond donors (Lipinski definition) is 2. The van der Waals surface area contributed by atoms with Gasteiger partial charge in [0.2, 0.25) is 5.95 Å². The van der Waals surface area contributed by atoms with Crippen LogP contribution in [0.5, 0.6) is 0 Å². The Balaban J connectivity index is 1.62. The molecule has 0 aliphatic carbocycles. The minimum atomic E-state index is -0.772. The van der Waals surface area contributed by atoms with Crippen LogP contribution >= 0.6 is 0 Å². The molecule has 1 aromatic heterocycles. The fourth-order valence-electron chi connectivity index (χ4n) is 2.31. The van der Waals surface area contributed by atoms with Gasteiger partial charge in [-0.1, -0.05) is 30.3 Å². The lowest BCUT2D eigenvalue weighted by Gasteiger charge is -2.08. The third-order valence-electron chi connectivity index (χ3n) is 3.61. The number of halogens is 2. The van der Waals surface area contributed by atoms with E-state index >= 15 is 0 Å². The van der Waals surface area contributed by atoms with Crippen LogP contribution in [0.1, 0.15) is 16.1 Å². The number of amides is 1. The second kappa shape index (κ2) is 8.15. The average molecular weight is 354 g/mol. The lowest BCUT2D eigenvalue weighted by molar-refractivity contribution is 0.0949. The summed E-state index contributed by atoms with van der Waals surface area (Å²) < 4.78 is 26.6. The fourth-order valence-corrected chi connectivity index (χ4v) is 2.31.